The molecule has 0 aromatic heterocycles. The van der Waals surface area contributed by atoms with Gasteiger partial charge < -0.3 is 10.2 Å². The van der Waals surface area contributed by atoms with Gasteiger partial charge in [-0.15, -0.1) is 0 Å². The molecule has 1 amide bonds. The van der Waals surface area contributed by atoms with E-state index in [-0.39, 0.29) is 11.9 Å². The third-order valence-corrected chi connectivity index (χ3v) is 5.94. The van der Waals surface area contributed by atoms with E-state index in [0.717, 1.165) is 24.1 Å². The normalized spacial score (nSPS) is 15.0. The zero-order valence-electron chi connectivity index (χ0n) is 17.6. The SMILES string of the molecule is Cc1ccc([C@H](C(=O)NC2CCCC2)N(Cc2ccccc2)c2ccccc2)cc1. The number of hydrogen-bond acceptors (Lipinski definition) is 2. The average molecular weight is 399 g/mol. The van der Waals surface area contributed by atoms with Gasteiger partial charge in [0.1, 0.15) is 6.04 Å². The molecule has 0 heterocycles. The van der Waals surface area contributed by atoms with Crippen LogP contribution in [0, 0.1) is 6.92 Å². The van der Waals surface area contributed by atoms with Crippen molar-refractivity contribution < 1.29 is 4.79 Å². The van der Waals surface area contributed by atoms with Crippen molar-refractivity contribution in [3.63, 3.8) is 0 Å². The van der Waals surface area contributed by atoms with Crippen LogP contribution in [-0.2, 0) is 11.3 Å². The van der Waals surface area contributed by atoms with E-state index < -0.39 is 0 Å². The molecule has 1 fully saturated rings. The van der Waals surface area contributed by atoms with E-state index in [1.165, 1.54) is 24.0 Å². The van der Waals surface area contributed by atoms with E-state index in [9.17, 15) is 4.79 Å². The molecule has 154 valence electrons. The Hall–Kier alpha value is -3.07. The van der Waals surface area contributed by atoms with Gasteiger partial charge in [0, 0.05) is 18.3 Å². The van der Waals surface area contributed by atoms with Crippen LogP contribution in [0.15, 0.2) is 84.9 Å². The van der Waals surface area contributed by atoms with E-state index in [4.69, 9.17) is 0 Å². The molecule has 30 heavy (non-hydrogen) atoms. The van der Waals surface area contributed by atoms with Crippen LogP contribution in [0.1, 0.15) is 48.4 Å². The summed E-state index contributed by atoms with van der Waals surface area (Å²) in [5, 5.41) is 3.35. The molecule has 0 saturated heterocycles. The summed E-state index contributed by atoms with van der Waals surface area (Å²) >= 11 is 0. The number of nitrogens with one attached hydrogen (secondary N) is 1. The number of amides is 1. The molecule has 0 aliphatic heterocycles. The van der Waals surface area contributed by atoms with Gasteiger partial charge in [0.05, 0.1) is 0 Å². The second kappa shape index (κ2) is 9.62. The van der Waals surface area contributed by atoms with Crippen LogP contribution in [0.3, 0.4) is 0 Å². The molecule has 1 atom stereocenters. The number of hydrogen-bond donors (Lipinski definition) is 1. The summed E-state index contributed by atoms with van der Waals surface area (Å²) in [7, 11) is 0. The standard InChI is InChI=1S/C27H30N2O/c1-21-16-18-23(19-17-21)26(27(30)28-24-12-8-9-13-24)29(25-14-6-3-7-15-25)20-22-10-4-2-5-11-22/h2-7,10-11,14-19,24,26H,8-9,12-13,20H2,1H3,(H,28,30)/t26-/m1/s1. The van der Waals surface area contributed by atoms with Crippen LogP contribution in [0.25, 0.3) is 0 Å². The number of benzene rings is 3. The zero-order valence-corrected chi connectivity index (χ0v) is 17.6. The summed E-state index contributed by atoms with van der Waals surface area (Å²) in [6, 6.07) is 28.9. The highest BCUT2D eigenvalue weighted by Gasteiger charge is 2.30. The van der Waals surface area contributed by atoms with Crippen molar-refractivity contribution >= 4 is 11.6 Å². The van der Waals surface area contributed by atoms with E-state index in [0.29, 0.717) is 12.6 Å². The highest BCUT2D eigenvalue weighted by molar-refractivity contribution is 5.87. The topological polar surface area (TPSA) is 32.3 Å². The first-order valence-corrected chi connectivity index (χ1v) is 10.9. The quantitative estimate of drug-likeness (QED) is 0.545. The molecule has 3 nitrogen and oxygen atoms in total. The molecule has 3 heteroatoms. The van der Waals surface area contributed by atoms with Crippen LogP contribution >= 0.6 is 0 Å². The van der Waals surface area contributed by atoms with Crippen LogP contribution < -0.4 is 10.2 Å². The van der Waals surface area contributed by atoms with Crippen LogP contribution in [0.5, 0.6) is 0 Å². The Labute approximate surface area is 179 Å². The number of para-hydroxylation sites is 1. The Balaban J connectivity index is 1.73. The number of rotatable bonds is 7. The minimum absolute atomic E-state index is 0.0885. The van der Waals surface area contributed by atoms with E-state index in [2.05, 4.69) is 77.8 Å². The third-order valence-electron chi connectivity index (χ3n) is 5.94. The zero-order chi connectivity index (χ0) is 20.8. The molecule has 0 spiro atoms. The Morgan fingerprint density at radius 2 is 1.50 bits per heavy atom. The molecule has 1 saturated carbocycles. The van der Waals surface area contributed by atoms with Crippen molar-refractivity contribution in [3.8, 4) is 0 Å². The number of carbonyl (C=O) groups excluding carboxylic acids is 1. The maximum atomic E-state index is 13.6. The van der Waals surface area contributed by atoms with Gasteiger partial charge in [-0.1, -0.05) is 91.2 Å². The number of anilines is 1. The van der Waals surface area contributed by atoms with Gasteiger partial charge in [-0.3, -0.25) is 4.79 Å². The first-order valence-electron chi connectivity index (χ1n) is 10.9. The van der Waals surface area contributed by atoms with Gasteiger partial charge in [-0.05, 0) is 43.0 Å². The van der Waals surface area contributed by atoms with Crippen molar-refractivity contribution in [2.45, 2.75) is 51.2 Å². The Bertz CT molecular complexity index is 932. The third kappa shape index (κ3) is 4.91. The predicted octanol–water partition coefficient (Wildman–Crippen LogP) is 5.80. The van der Waals surface area contributed by atoms with Crippen LogP contribution in [-0.4, -0.2) is 11.9 Å². The smallest absolute Gasteiger partial charge is 0.247 e. The van der Waals surface area contributed by atoms with Gasteiger partial charge in [-0.2, -0.15) is 0 Å². The lowest BCUT2D eigenvalue weighted by atomic mass is 10.0. The lowest BCUT2D eigenvalue weighted by molar-refractivity contribution is -0.123. The van der Waals surface area contributed by atoms with Gasteiger partial charge >= 0.3 is 0 Å². The van der Waals surface area contributed by atoms with Crippen LogP contribution in [0.2, 0.25) is 0 Å². The first-order chi connectivity index (χ1) is 14.7. The van der Waals surface area contributed by atoms with E-state index in [1.807, 2.05) is 24.3 Å². The van der Waals surface area contributed by atoms with Crippen molar-refractivity contribution in [2.24, 2.45) is 0 Å². The van der Waals surface area contributed by atoms with Crippen molar-refractivity contribution in [1.29, 1.82) is 0 Å². The molecule has 0 unspecified atom stereocenters. The Morgan fingerprint density at radius 3 is 2.13 bits per heavy atom. The summed E-state index contributed by atoms with van der Waals surface area (Å²) in [6.45, 7) is 2.75. The minimum Gasteiger partial charge on any atom is -0.352 e. The monoisotopic (exact) mass is 398 g/mol. The highest BCUT2D eigenvalue weighted by atomic mass is 16.2. The first kappa shape index (κ1) is 20.2. The van der Waals surface area contributed by atoms with Gasteiger partial charge in [-0.25, -0.2) is 0 Å². The van der Waals surface area contributed by atoms with E-state index >= 15 is 0 Å². The minimum atomic E-state index is -0.381. The second-order valence-corrected chi connectivity index (χ2v) is 8.25. The summed E-state index contributed by atoms with van der Waals surface area (Å²) in [5.74, 6) is 0.0885. The second-order valence-electron chi connectivity index (χ2n) is 8.25. The summed E-state index contributed by atoms with van der Waals surface area (Å²) < 4.78 is 0. The molecule has 3 aromatic rings. The number of aryl methyl sites for hydroxylation is 1. The van der Waals surface area contributed by atoms with Gasteiger partial charge in [0.15, 0.2) is 0 Å². The summed E-state index contributed by atoms with van der Waals surface area (Å²) in [6.07, 6.45) is 4.56. The number of carbonyl (C=O) groups is 1. The van der Waals surface area contributed by atoms with Gasteiger partial charge in [0.25, 0.3) is 0 Å². The van der Waals surface area contributed by atoms with E-state index in [1.54, 1.807) is 0 Å². The van der Waals surface area contributed by atoms with Crippen molar-refractivity contribution in [3.05, 3.63) is 102 Å². The maximum absolute atomic E-state index is 13.6. The van der Waals surface area contributed by atoms with Gasteiger partial charge in [0.2, 0.25) is 5.91 Å². The lowest BCUT2D eigenvalue weighted by Crippen LogP contribution is -2.43. The fraction of sp³-hybridized carbons (Fsp3) is 0.296. The van der Waals surface area contributed by atoms with Crippen molar-refractivity contribution in [2.75, 3.05) is 4.90 Å². The molecule has 1 N–H and O–H groups in total. The molecule has 4 rings (SSSR count). The molecule has 1 aliphatic rings. The number of nitrogens with zero attached hydrogens (tertiary/aromatic N) is 1. The molecular formula is C27H30N2O. The molecule has 1 aliphatic carbocycles. The molecule has 0 radical (unpaired) electrons. The summed E-state index contributed by atoms with van der Waals surface area (Å²) in [5.41, 5.74) is 4.46. The molecule has 3 aromatic carbocycles. The fourth-order valence-corrected chi connectivity index (χ4v) is 4.30. The van der Waals surface area contributed by atoms with Crippen molar-refractivity contribution in [1.82, 2.24) is 5.32 Å². The largest absolute Gasteiger partial charge is 0.352 e. The molecule has 0 bridgehead atoms. The molecular weight excluding hydrogens is 368 g/mol. The highest BCUT2D eigenvalue weighted by Crippen LogP contribution is 2.30. The predicted molar refractivity (Wildman–Crippen MR) is 123 cm³/mol. The lowest BCUT2D eigenvalue weighted by Gasteiger charge is -2.34. The summed E-state index contributed by atoms with van der Waals surface area (Å²) in [4.78, 5) is 15.9. The average Bonchev–Trinajstić information content (AvgIpc) is 3.29. The Morgan fingerprint density at radius 1 is 0.900 bits per heavy atom. The maximum Gasteiger partial charge on any atom is 0.247 e. The Kier molecular flexibility index (Phi) is 6.48. The van der Waals surface area contributed by atoms with Crippen LogP contribution in [0.4, 0.5) is 5.69 Å². The fourth-order valence-electron chi connectivity index (χ4n) is 4.30.